The minimum atomic E-state index is -0.702. The second-order valence-electron chi connectivity index (χ2n) is 3.24. The summed E-state index contributed by atoms with van der Waals surface area (Å²) in [6, 6.07) is 2.48. The molecule has 0 aromatic heterocycles. The summed E-state index contributed by atoms with van der Waals surface area (Å²) in [5.74, 6) is -0.257. The predicted molar refractivity (Wildman–Crippen MR) is 59.7 cm³/mol. The first-order valence-corrected chi connectivity index (χ1v) is 4.93. The van der Waals surface area contributed by atoms with E-state index in [-0.39, 0.29) is 16.9 Å². The molecule has 0 N–H and O–H groups in total. The fourth-order valence-corrected chi connectivity index (χ4v) is 1.51. The van der Waals surface area contributed by atoms with E-state index in [2.05, 4.69) is 0 Å². The molecule has 0 radical (unpaired) electrons. The third-order valence-corrected chi connectivity index (χ3v) is 2.15. The number of hydrogen-bond acceptors (Lipinski definition) is 5. The van der Waals surface area contributed by atoms with E-state index in [0.29, 0.717) is 12.9 Å². The standard InChI is InChI=1S/C11H11NO5/c1-3-17-10-5-4-9(12(15)16)8(6-13)11(10)7(2)14/h4-6H,3H2,1-2H3. The average molecular weight is 237 g/mol. The molecule has 0 spiro atoms. The maximum absolute atomic E-state index is 11.4. The zero-order valence-electron chi connectivity index (χ0n) is 9.43. The van der Waals surface area contributed by atoms with Gasteiger partial charge in [0.05, 0.1) is 17.1 Å². The molecule has 0 aliphatic carbocycles. The molecule has 0 bridgehead atoms. The van der Waals surface area contributed by atoms with Gasteiger partial charge in [-0.05, 0) is 19.9 Å². The van der Waals surface area contributed by atoms with Crippen LogP contribution in [-0.4, -0.2) is 23.6 Å². The number of carbonyl (C=O) groups is 2. The van der Waals surface area contributed by atoms with E-state index in [0.717, 1.165) is 6.07 Å². The van der Waals surface area contributed by atoms with Crippen LogP contribution in [-0.2, 0) is 0 Å². The highest BCUT2D eigenvalue weighted by Gasteiger charge is 2.23. The van der Waals surface area contributed by atoms with Gasteiger partial charge < -0.3 is 4.74 Å². The van der Waals surface area contributed by atoms with Crippen molar-refractivity contribution >= 4 is 17.8 Å². The lowest BCUT2D eigenvalue weighted by Gasteiger charge is -2.09. The molecule has 6 heteroatoms. The van der Waals surface area contributed by atoms with Crippen molar-refractivity contribution in [1.82, 2.24) is 0 Å². The van der Waals surface area contributed by atoms with Crippen LogP contribution in [0.15, 0.2) is 12.1 Å². The summed E-state index contributed by atoms with van der Waals surface area (Å²) in [5.41, 5.74) is -0.682. The number of aldehydes is 1. The lowest BCUT2D eigenvalue weighted by Crippen LogP contribution is -2.07. The minimum Gasteiger partial charge on any atom is -0.493 e. The van der Waals surface area contributed by atoms with Crippen molar-refractivity contribution in [2.75, 3.05) is 6.61 Å². The highest BCUT2D eigenvalue weighted by molar-refractivity contribution is 6.05. The fraction of sp³-hybridized carbons (Fsp3) is 0.273. The third kappa shape index (κ3) is 2.47. The second-order valence-corrected chi connectivity index (χ2v) is 3.24. The molecule has 17 heavy (non-hydrogen) atoms. The lowest BCUT2D eigenvalue weighted by molar-refractivity contribution is -0.385. The van der Waals surface area contributed by atoms with Crippen molar-refractivity contribution in [3.8, 4) is 5.75 Å². The van der Waals surface area contributed by atoms with Crippen LogP contribution in [0.5, 0.6) is 5.75 Å². The second kappa shape index (κ2) is 5.20. The first-order chi connectivity index (χ1) is 8.02. The number of nitro groups is 1. The van der Waals surface area contributed by atoms with Crippen LogP contribution < -0.4 is 4.74 Å². The Morgan fingerprint density at radius 2 is 2.18 bits per heavy atom. The van der Waals surface area contributed by atoms with E-state index in [9.17, 15) is 19.7 Å². The zero-order valence-corrected chi connectivity index (χ0v) is 9.43. The molecular weight excluding hydrogens is 226 g/mol. The predicted octanol–water partition coefficient (Wildman–Crippen LogP) is 2.01. The summed E-state index contributed by atoms with van der Waals surface area (Å²) in [5, 5.41) is 10.7. The molecule has 1 aromatic rings. The zero-order chi connectivity index (χ0) is 13.0. The largest absolute Gasteiger partial charge is 0.493 e. The Morgan fingerprint density at radius 1 is 1.53 bits per heavy atom. The van der Waals surface area contributed by atoms with Crippen LogP contribution in [0.2, 0.25) is 0 Å². The highest BCUT2D eigenvalue weighted by atomic mass is 16.6. The van der Waals surface area contributed by atoms with E-state index in [1.165, 1.54) is 13.0 Å². The monoisotopic (exact) mass is 237 g/mol. The van der Waals surface area contributed by atoms with E-state index < -0.39 is 16.4 Å². The summed E-state index contributed by atoms with van der Waals surface area (Å²) in [7, 11) is 0. The first kappa shape index (κ1) is 12.8. The maximum Gasteiger partial charge on any atom is 0.280 e. The molecule has 0 aliphatic heterocycles. The van der Waals surface area contributed by atoms with Crippen LogP contribution in [0, 0.1) is 10.1 Å². The van der Waals surface area contributed by atoms with Crippen molar-refractivity contribution < 1.29 is 19.2 Å². The van der Waals surface area contributed by atoms with E-state index in [1.54, 1.807) is 6.92 Å². The summed E-state index contributed by atoms with van der Waals surface area (Å²) in [6.45, 7) is 3.25. The van der Waals surface area contributed by atoms with Crippen molar-refractivity contribution in [1.29, 1.82) is 0 Å². The molecule has 0 fully saturated rings. The van der Waals surface area contributed by atoms with Gasteiger partial charge in [-0.1, -0.05) is 0 Å². The van der Waals surface area contributed by atoms with Gasteiger partial charge in [0.2, 0.25) is 0 Å². The van der Waals surface area contributed by atoms with Gasteiger partial charge in [0.1, 0.15) is 11.3 Å². The molecule has 1 rings (SSSR count). The summed E-state index contributed by atoms with van der Waals surface area (Å²) < 4.78 is 5.17. The number of hydrogen-bond donors (Lipinski definition) is 0. The Morgan fingerprint density at radius 3 is 2.59 bits per heavy atom. The number of nitro benzene ring substituents is 1. The number of benzene rings is 1. The minimum absolute atomic E-state index is 0.0453. The van der Waals surface area contributed by atoms with E-state index in [4.69, 9.17) is 4.74 Å². The average Bonchev–Trinajstić information content (AvgIpc) is 2.27. The molecule has 0 amide bonds. The van der Waals surface area contributed by atoms with Crippen LogP contribution in [0.1, 0.15) is 34.6 Å². The van der Waals surface area contributed by atoms with Gasteiger partial charge in [-0.25, -0.2) is 0 Å². The number of nitrogens with zero attached hydrogens (tertiary/aromatic N) is 1. The molecule has 90 valence electrons. The smallest absolute Gasteiger partial charge is 0.280 e. The molecular formula is C11H11NO5. The quantitative estimate of drug-likeness (QED) is 0.338. The number of rotatable bonds is 5. The lowest BCUT2D eigenvalue weighted by atomic mass is 10.0. The van der Waals surface area contributed by atoms with Gasteiger partial charge in [0, 0.05) is 6.07 Å². The van der Waals surface area contributed by atoms with Crippen LogP contribution in [0.4, 0.5) is 5.69 Å². The van der Waals surface area contributed by atoms with Crippen LogP contribution in [0.25, 0.3) is 0 Å². The van der Waals surface area contributed by atoms with E-state index >= 15 is 0 Å². The Bertz CT molecular complexity index is 481. The topological polar surface area (TPSA) is 86.5 Å². The Labute approximate surface area is 97.3 Å². The van der Waals surface area contributed by atoms with E-state index in [1.807, 2.05) is 0 Å². The van der Waals surface area contributed by atoms with Gasteiger partial charge in [0.15, 0.2) is 12.1 Å². The number of ketones is 1. The molecule has 0 unspecified atom stereocenters. The molecule has 0 aliphatic rings. The van der Waals surface area contributed by atoms with Gasteiger partial charge in [-0.3, -0.25) is 19.7 Å². The first-order valence-electron chi connectivity index (χ1n) is 4.93. The summed E-state index contributed by atoms with van der Waals surface area (Å²) in [6.07, 6.45) is 0.303. The number of ether oxygens (including phenoxy) is 1. The van der Waals surface area contributed by atoms with Crippen molar-refractivity contribution in [3.05, 3.63) is 33.4 Å². The third-order valence-electron chi connectivity index (χ3n) is 2.15. The Kier molecular flexibility index (Phi) is 3.92. The Hall–Kier alpha value is -2.24. The van der Waals surface area contributed by atoms with Gasteiger partial charge in [-0.15, -0.1) is 0 Å². The van der Waals surface area contributed by atoms with Crippen molar-refractivity contribution in [3.63, 3.8) is 0 Å². The van der Waals surface area contributed by atoms with Crippen molar-refractivity contribution in [2.45, 2.75) is 13.8 Å². The van der Waals surface area contributed by atoms with Crippen molar-refractivity contribution in [2.24, 2.45) is 0 Å². The highest BCUT2D eigenvalue weighted by Crippen LogP contribution is 2.29. The van der Waals surface area contributed by atoms with Crippen LogP contribution >= 0.6 is 0 Å². The van der Waals surface area contributed by atoms with Gasteiger partial charge in [-0.2, -0.15) is 0 Å². The molecule has 0 atom stereocenters. The fourth-order valence-electron chi connectivity index (χ4n) is 1.51. The molecule has 6 nitrogen and oxygen atoms in total. The maximum atomic E-state index is 11.4. The molecule has 0 saturated carbocycles. The normalized spacial score (nSPS) is 9.76. The summed E-state index contributed by atoms with van der Waals surface area (Å²) in [4.78, 5) is 32.4. The molecule has 0 saturated heterocycles. The number of carbonyl (C=O) groups excluding carboxylic acids is 2. The SMILES string of the molecule is CCOc1ccc([N+](=O)[O-])c(C=O)c1C(C)=O. The summed E-state index contributed by atoms with van der Waals surface area (Å²) >= 11 is 0. The number of Topliss-reactive ketones (excluding diaryl/α,β-unsaturated/α-hetero) is 1. The molecule has 0 heterocycles. The molecule has 1 aromatic carbocycles. The van der Waals surface area contributed by atoms with Gasteiger partial charge in [0.25, 0.3) is 5.69 Å². The van der Waals surface area contributed by atoms with Gasteiger partial charge >= 0.3 is 0 Å². The Balaban J connectivity index is 3.55. The van der Waals surface area contributed by atoms with Crippen LogP contribution in [0.3, 0.4) is 0 Å².